The van der Waals surface area contributed by atoms with E-state index >= 15 is 0 Å². The summed E-state index contributed by atoms with van der Waals surface area (Å²) >= 11 is 1.76. The molecule has 1 aromatic heterocycles. The number of carbonyl (C=O) groups is 1. The Balaban J connectivity index is 1.81. The van der Waals surface area contributed by atoms with Crippen molar-refractivity contribution in [3.63, 3.8) is 0 Å². The van der Waals surface area contributed by atoms with Crippen LogP contribution in [0.5, 0.6) is 0 Å². The van der Waals surface area contributed by atoms with E-state index in [1.807, 2.05) is 11.8 Å². The van der Waals surface area contributed by atoms with E-state index in [0.717, 1.165) is 43.4 Å². The second-order valence-corrected chi connectivity index (χ2v) is 5.98. The van der Waals surface area contributed by atoms with Gasteiger partial charge in [0.15, 0.2) is 0 Å². The number of carboxylic acids is 1. The molecule has 1 aliphatic rings. The first kappa shape index (κ1) is 13.5. The number of aromatic nitrogens is 1. The lowest BCUT2D eigenvalue weighted by Gasteiger charge is -2.33. The topological polar surface area (TPSA) is 56.7 Å². The summed E-state index contributed by atoms with van der Waals surface area (Å²) in [5, 5.41) is 9.90. The van der Waals surface area contributed by atoms with Crippen LogP contribution in [-0.4, -0.2) is 58.6 Å². The minimum atomic E-state index is -0.741. The molecule has 0 saturated carbocycles. The highest BCUT2D eigenvalue weighted by Crippen LogP contribution is 2.18. The normalized spacial score (nSPS) is 18.1. The van der Waals surface area contributed by atoms with E-state index < -0.39 is 5.97 Å². The fraction of sp³-hybridized carbons (Fsp3) is 0.667. The van der Waals surface area contributed by atoms with Gasteiger partial charge in [0.2, 0.25) is 0 Å². The highest BCUT2D eigenvalue weighted by atomic mass is 32.1. The van der Waals surface area contributed by atoms with Crippen molar-refractivity contribution in [2.45, 2.75) is 20.4 Å². The number of piperazine rings is 1. The molecule has 5 nitrogen and oxygen atoms in total. The van der Waals surface area contributed by atoms with Crippen molar-refractivity contribution in [3.8, 4) is 0 Å². The first-order valence-corrected chi connectivity index (χ1v) is 6.95. The van der Waals surface area contributed by atoms with Crippen LogP contribution >= 0.6 is 11.3 Å². The molecule has 0 radical (unpaired) electrons. The van der Waals surface area contributed by atoms with E-state index in [4.69, 9.17) is 5.11 Å². The van der Waals surface area contributed by atoms with Gasteiger partial charge >= 0.3 is 5.97 Å². The van der Waals surface area contributed by atoms with Gasteiger partial charge < -0.3 is 5.11 Å². The van der Waals surface area contributed by atoms with Gasteiger partial charge in [0.25, 0.3) is 0 Å². The highest BCUT2D eigenvalue weighted by molar-refractivity contribution is 7.11. The average Bonchev–Trinajstić information content (AvgIpc) is 2.60. The SMILES string of the molecule is Cc1nc(CN2CCN(CC(=O)O)CC2)sc1C. The summed E-state index contributed by atoms with van der Waals surface area (Å²) in [7, 11) is 0. The lowest BCUT2D eigenvalue weighted by molar-refractivity contribution is -0.138. The molecule has 1 aliphatic heterocycles. The zero-order chi connectivity index (χ0) is 13.1. The van der Waals surface area contributed by atoms with Crippen molar-refractivity contribution in [1.29, 1.82) is 0 Å². The first-order valence-electron chi connectivity index (χ1n) is 6.14. The van der Waals surface area contributed by atoms with Crippen LogP contribution < -0.4 is 0 Å². The molecule has 0 aliphatic carbocycles. The fourth-order valence-electron chi connectivity index (χ4n) is 2.09. The second kappa shape index (κ2) is 5.77. The highest BCUT2D eigenvalue weighted by Gasteiger charge is 2.19. The summed E-state index contributed by atoms with van der Waals surface area (Å²) in [4.78, 5) is 20.8. The maximum Gasteiger partial charge on any atom is 0.317 e. The van der Waals surface area contributed by atoms with Crippen LogP contribution in [0.3, 0.4) is 0 Å². The van der Waals surface area contributed by atoms with Gasteiger partial charge in [-0.25, -0.2) is 4.98 Å². The minimum absolute atomic E-state index is 0.156. The third-order valence-electron chi connectivity index (χ3n) is 3.26. The van der Waals surface area contributed by atoms with Crippen molar-refractivity contribution < 1.29 is 9.90 Å². The summed E-state index contributed by atoms with van der Waals surface area (Å²) in [6, 6.07) is 0. The molecule has 0 atom stereocenters. The van der Waals surface area contributed by atoms with Gasteiger partial charge in [0, 0.05) is 31.1 Å². The Kier molecular flexibility index (Phi) is 4.31. The van der Waals surface area contributed by atoms with E-state index in [0.29, 0.717) is 0 Å². The maximum atomic E-state index is 10.6. The zero-order valence-electron chi connectivity index (χ0n) is 10.8. The van der Waals surface area contributed by atoms with Gasteiger partial charge in [0.1, 0.15) is 5.01 Å². The van der Waals surface area contributed by atoms with E-state index in [-0.39, 0.29) is 6.54 Å². The van der Waals surface area contributed by atoms with Gasteiger partial charge in [-0.15, -0.1) is 11.3 Å². The number of aryl methyl sites for hydroxylation is 2. The van der Waals surface area contributed by atoms with Crippen LogP contribution in [-0.2, 0) is 11.3 Å². The van der Waals surface area contributed by atoms with E-state index in [2.05, 4.69) is 16.8 Å². The standard InChI is InChI=1S/C12H19N3O2S/c1-9-10(2)18-11(13-9)7-14-3-5-15(6-4-14)8-12(16)17/h3-8H2,1-2H3,(H,16,17). The summed E-state index contributed by atoms with van der Waals surface area (Å²) in [6.07, 6.45) is 0. The van der Waals surface area contributed by atoms with Crippen LogP contribution in [0.4, 0.5) is 0 Å². The number of nitrogens with zero attached hydrogens (tertiary/aromatic N) is 3. The van der Waals surface area contributed by atoms with Gasteiger partial charge in [0.05, 0.1) is 18.8 Å². The molecule has 2 heterocycles. The molecule has 1 N–H and O–H groups in total. The third-order valence-corrected chi connectivity index (χ3v) is 4.31. The number of aliphatic carboxylic acids is 1. The van der Waals surface area contributed by atoms with Gasteiger partial charge in [-0.3, -0.25) is 14.6 Å². The molecule has 1 aromatic rings. The van der Waals surface area contributed by atoms with Crippen molar-refractivity contribution in [1.82, 2.24) is 14.8 Å². The molecule has 2 rings (SSSR count). The molecule has 0 amide bonds. The molecule has 1 saturated heterocycles. The molecular weight excluding hydrogens is 250 g/mol. The number of carboxylic acid groups (broad SMARTS) is 1. The lowest BCUT2D eigenvalue weighted by Crippen LogP contribution is -2.47. The maximum absolute atomic E-state index is 10.6. The smallest absolute Gasteiger partial charge is 0.317 e. The Labute approximate surface area is 111 Å². The predicted octanol–water partition coefficient (Wildman–Crippen LogP) is 0.962. The Morgan fingerprint density at radius 3 is 2.39 bits per heavy atom. The summed E-state index contributed by atoms with van der Waals surface area (Å²) in [5.41, 5.74) is 1.12. The van der Waals surface area contributed by atoms with Crippen LogP contribution in [0, 0.1) is 13.8 Å². The Morgan fingerprint density at radius 2 is 1.89 bits per heavy atom. The van der Waals surface area contributed by atoms with Crippen LogP contribution in [0.1, 0.15) is 15.6 Å². The molecule has 0 bridgehead atoms. The van der Waals surface area contributed by atoms with Crippen LogP contribution in [0.25, 0.3) is 0 Å². The van der Waals surface area contributed by atoms with Crippen LogP contribution in [0.15, 0.2) is 0 Å². The molecule has 18 heavy (non-hydrogen) atoms. The van der Waals surface area contributed by atoms with E-state index in [1.165, 1.54) is 4.88 Å². The monoisotopic (exact) mass is 269 g/mol. The summed E-state index contributed by atoms with van der Waals surface area (Å²) in [6.45, 7) is 8.69. The van der Waals surface area contributed by atoms with Crippen molar-refractivity contribution >= 4 is 17.3 Å². The summed E-state index contributed by atoms with van der Waals surface area (Å²) in [5.74, 6) is -0.741. The van der Waals surface area contributed by atoms with Crippen molar-refractivity contribution in [2.75, 3.05) is 32.7 Å². The third kappa shape index (κ3) is 3.51. The number of rotatable bonds is 4. The fourth-order valence-corrected chi connectivity index (χ4v) is 3.07. The Bertz CT molecular complexity index is 405. The quantitative estimate of drug-likeness (QED) is 0.882. The second-order valence-electron chi connectivity index (χ2n) is 4.70. The first-order chi connectivity index (χ1) is 8.54. The Hall–Kier alpha value is -0.980. The molecular formula is C12H19N3O2S. The molecule has 100 valence electrons. The summed E-state index contributed by atoms with van der Waals surface area (Å²) < 4.78 is 0. The van der Waals surface area contributed by atoms with Gasteiger partial charge in [-0.05, 0) is 13.8 Å². The van der Waals surface area contributed by atoms with E-state index in [9.17, 15) is 4.79 Å². The molecule has 0 spiro atoms. The largest absolute Gasteiger partial charge is 0.480 e. The number of hydrogen-bond donors (Lipinski definition) is 1. The van der Waals surface area contributed by atoms with Gasteiger partial charge in [-0.1, -0.05) is 0 Å². The number of hydrogen-bond acceptors (Lipinski definition) is 5. The molecule has 0 aromatic carbocycles. The average molecular weight is 269 g/mol. The molecule has 6 heteroatoms. The minimum Gasteiger partial charge on any atom is -0.480 e. The van der Waals surface area contributed by atoms with Crippen molar-refractivity contribution in [2.24, 2.45) is 0 Å². The van der Waals surface area contributed by atoms with E-state index in [1.54, 1.807) is 11.3 Å². The zero-order valence-corrected chi connectivity index (χ0v) is 11.7. The van der Waals surface area contributed by atoms with Crippen LogP contribution in [0.2, 0.25) is 0 Å². The van der Waals surface area contributed by atoms with Gasteiger partial charge in [-0.2, -0.15) is 0 Å². The number of thiazole rings is 1. The van der Waals surface area contributed by atoms with Crippen molar-refractivity contribution in [3.05, 3.63) is 15.6 Å². The predicted molar refractivity (Wildman–Crippen MR) is 70.9 cm³/mol. The molecule has 0 unspecified atom stereocenters. The Morgan fingerprint density at radius 1 is 1.28 bits per heavy atom. The molecule has 1 fully saturated rings. The lowest BCUT2D eigenvalue weighted by atomic mass is 10.3.